The first-order valence-corrected chi connectivity index (χ1v) is 5.76. The zero-order valence-corrected chi connectivity index (χ0v) is 10.2. The fraction of sp³-hybridized carbons (Fsp3) is 0. The quantitative estimate of drug-likeness (QED) is 0.721. The van der Waals surface area contributed by atoms with Crippen LogP contribution in [-0.4, -0.2) is 10.1 Å². The second kappa shape index (κ2) is 4.18. The molecule has 0 fully saturated rings. The van der Waals surface area contributed by atoms with E-state index >= 15 is 0 Å². The van der Waals surface area contributed by atoms with Crippen LogP contribution in [0.3, 0.4) is 0 Å². The third-order valence-electron chi connectivity index (χ3n) is 2.27. The van der Waals surface area contributed by atoms with Crippen molar-refractivity contribution in [1.82, 2.24) is 10.1 Å². The third-order valence-corrected chi connectivity index (χ3v) is 2.96. The molecular formula is C12H7BrN2O2. The molecular weight excluding hydrogens is 284 g/mol. The van der Waals surface area contributed by atoms with Gasteiger partial charge < -0.3 is 8.94 Å². The summed E-state index contributed by atoms with van der Waals surface area (Å²) in [6.45, 7) is 0. The van der Waals surface area contributed by atoms with Crippen molar-refractivity contribution in [2.45, 2.75) is 0 Å². The minimum atomic E-state index is 0.445. The van der Waals surface area contributed by atoms with E-state index in [1.807, 2.05) is 24.3 Å². The highest BCUT2D eigenvalue weighted by Gasteiger charge is 2.13. The van der Waals surface area contributed by atoms with Crippen LogP contribution in [0.5, 0.6) is 0 Å². The Morgan fingerprint density at radius 2 is 1.94 bits per heavy atom. The topological polar surface area (TPSA) is 52.1 Å². The minimum absolute atomic E-state index is 0.445. The molecule has 0 aliphatic heterocycles. The van der Waals surface area contributed by atoms with Crippen LogP contribution in [0.1, 0.15) is 0 Å². The summed E-state index contributed by atoms with van der Waals surface area (Å²) in [5.41, 5.74) is 0.859. The first kappa shape index (κ1) is 10.3. The molecule has 0 N–H and O–H groups in total. The molecule has 0 radical (unpaired) electrons. The van der Waals surface area contributed by atoms with Gasteiger partial charge in [0.25, 0.3) is 5.89 Å². The number of nitrogens with zero attached hydrogens (tertiary/aromatic N) is 2. The molecule has 0 aliphatic carbocycles. The summed E-state index contributed by atoms with van der Waals surface area (Å²) >= 11 is 3.44. The number of benzene rings is 1. The molecule has 3 rings (SSSR count). The first-order valence-electron chi connectivity index (χ1n) is 4.97. The van der Waals surface area contributed by atoms with Gasteiger partial charge in [-0.3, -0.25) is 0 Å². The summed E-state index contributed by atoms with van der Waals surface area (Å²) in [6, 6.07) is 11.2. The molecule has 0 saturated carbocycles. The van der Waals surface area contributed by atoms with Gasteiger partial charge in [0.1, 0.15) is 0 Å². The van der Waals surface area contributed by atoms with Gasteiger partial charge in [0, 0.05) is 4.47 Å². The third kappa shape index (κ3) is 1.89. The van der Waals surface area contributed by atoms with Crippen molar-refractivity contribution >= 4 is 15.9 Å². The molecule has 0 amide bonds. The molecule has 2 aromatic heterocycles. The molecule has 17 heavy (non-hydrogen) atoms. The minimum Gasteiger partial charge on any atom is -0.461 e. The number of aromatic nitrogens is 2. The summed E-state index contributed by atoms with van der Waals surface area (Å²) in [6.07, 6.45) is 1.57. The Labute approximate surface area is 105 Å². The van der Waals surface area contributed by atoms with Gasteiger partial charge in [0.05, 0.1) is 11.8 Å². The van der Waals surface area contributed by atoms with E-state index in [4.69, 9.17) is 8.94 Å². The van der Waals surface area contributed by atoms with Crippen molar-refractivity contribution in [2.75, 3.05) is 0 Å². The zero-order chi connectivity index (χ0) is 11.7. The molecule has 0 unspecified atom stereocenters. The molecule has 2 heterocycles. The lowest BCUT2D eigenvalue weighted by Gasteiger charge is -1.95. The Morgan fingerprint density at radius 3 is 2.71 bits per heavy atom. The van der Waals surface area contributed by atoms with Gasteiger partial charge in [-0.15, -0.1) is 0 Å². The average molecular weight is 291 g/mol. The lowest BCUT2D eigenvalue weighted by Crippen LogP contribution is -1.80. The van der Waals surface area contributed by atoms with Crippen molar-refractivity contribution in [3.63, 3.8) is 0 Å². The average Bonchev–Trinajstić information content (AvgIpc) is 3.00. The van der Waals surface area contributed by atoms with E-state index in [0.29, 0.717) is 17.5 Å². The Balaban J connectivity index is 2.04. The van der Waals surface area contributed by atoms with E-state index in [1.165, 1.54) is 0 Å². The van der Waals surface area contributed by atoms with Gasteiger partial charge >= 0.3 is 0 Å². The van der Waals surface area contributed by atoms with Gasteiger partial charge in [-0.2, -0.15) is 4.98 Å². The summed E-state index contributed by atoms with van der Waals surface area (Å²) in [5.74, 6) is 1.50. The van der Waals surface area contributed by atoms with E-state index in [1.54, 1.807) is 18.4 Å². The van der Waals surface area contributed by atoms with Gasteiger partial charge in [-0.1, -0.05) is 17.3 Å². The first-order chi connectivity index (χ1) is 8.34. The maximum Gasteiger partial charge on any atom is 0.259 e. The predicted octanol–water partition coefficient (Wildman–Crippen LogP) is 3.76. The summed E-state index contributed by atoms with van der Waals surface area (Å²) < 4.78 is 11.3. The summed E-state index contributed by atoms with van der Waals surface area (Å²) in [7, 11) is 0. The van der Waals surface area contributed by atoms with Crippen LogP contribution in [0.2, 0.25) is 0 Å². The SMILES string of the molecule is Brc1ccccc1-c1nc(-c2ccco2)no1. The summed E-state index contributed by atoms with van der Waals surface area (Å²) in [5, 5.41) is 3.88. The monoisotopic (exact) mass is 290 g/mol. The predicted molar refractivity (Wildman–Crippen MR) is 65.1 cm³/mol. The highest BCUT2D eigenvalue weighted by atomic mass is 79.9. The normalized spacial score (nSPS) is 10.6. The Bertz CT molecular complexity index is 632. The molecule has 0 spiro atoms. The lowest BCUT2D eigenvalue weighted by molar-refractivity contribution is 0.429. The maximum absolute atomic E-state index is 5.20. The van der Waals surface area contributed by atoms with Crippen molar-refractivity contribution < 1.29 is 8.94 Å². The van der Waals surface area contributed by atoms with Gasteiger partial charge in [-0.05, 0) is 40.2 Å². The van der Waals surface area contributed by atoms with Crippen LogP contribution in [-0.2, 0) is 0 Å². The fourth-order valence-electron chi connectivity index (χ4n) is 1.47. The highest BCUT2D eigenvalue weighted by molar-refractivity contribution is 9.10. The largest absolute Gasteiger partial charge is 0.461 e. The van der Waals surface area contributed by atoms with Crippen molar-refractivity contribution in [3.05, 3.63) is 47.1 Å². The van der Waals surface area contributed by atoms with Crippen LogP contribution in [0, 0.1) is 0 Å². The molecule has 0 saturated heterocycles. The Morgan fingerprint density at radius 1 is 1.06 bits per heavy atom. The maximum atomic E-state index is 5.20. The molecule has 0 aliphatic rings. The van der Waals surface area contributed by atoms with Gasteiger partial charge in [0.15, 0.2) is 5.76 Å². The molecule has 0 atom stereocenters. The molecule has 1 aromatic carbocycles. The molecule has 3 aromatic rings. The molecule has 5 heteroatoms. The van der Waals surface area contributed by atoms with Gasteiger partial charge in [-0.25, -0.2) is 0 Å². The van der Waals surface area contributed by atoms with Crippen molar-refractivity contribution in [1.29, 1.82) is 0 Å². The number of hydrogen-bond donors (Lipinski definition) is 0. The van der Waals surface area contributed by atoms with Crippen LogP contribution in [0.15, 0.2) is 56.1 Å². The van der Waals surface area contributed by atoms with Crippen LogP contribution in [0.25, 0.3) is 23.0 Å². The Kier molecular flexibility index (Phi) is 2.53. The zero-order valence-electron chi connectivity index (χ0n) is 8.63. The van der Waals surface area contributed by atoms with E-state index in [9.17, 15) is 0 Å². The van der Waals surface area contributed by atoms with Gasteiger partial charge in [0.2, 0.25) is 5.82 Å². The molecule has 84 valence electrons. The number of furan rings is 1. The number of hydrogen-bond acceptors (Lipinski definition) is 4. The van der Waals surface area contributed by atoms with Crippen LogP contribution < -0.4 is 0 Å². The van der Waals surface area contributed by atoms with E-state index in [-0.39, 0.29) is 0 Å². The standard InChI is InChI=1S/C12H7BrN2O2/c13-9-5-2-1-4-8(9)12-14-11(15-17-12)10-6-3-7-16-10/h1-7H. The second-order valence-corrected chi connectivity index (χ2v) is 4.23. The van der Waals surface area contributed by atoms with Crippen LogP contribution in [0.4, 0.5) is 0 Å². The highest BCUT2D eigenvalue weighted by Crippen LogP contribution is 2.28. The van der Waals surface area contributed by atoms with Crippen LogP contribution >= 0.6 is 15.9 Å². The number of rotatable bonds is 2. The lowest BCUT2D eigenvalue weighted by atomic mass is 10.2. The van der Waals surface area contributed by atoms with E-state index < -0.39 is 0 Å². The van der Waals surface area contributed by atoms with Crippen molar-refractivity contribution in [3.8, 4) is 23.0 Å². The Hall–Kier alpha value is -1.88. The summed E-state index contributed by atoms with van der Waals surface area (Å²) in [4.78, 5) is 4.28. The fourth-order valence-corrected chi connectivity index (χ4v) is 1.93. The van der Waals surface area contributed by atoms with Crippen molar-refractivity contribution in [2.24, 2.45) is 0 Å². The van der Waals surface area contributed by atoms with E-state index in [0.717, 1.165) is 10.0 Å². The molecule has 4 nitrogen and oxygen atoms in total. The molecule has 0 bridgehead atoms. The smallest absolute Gasteiger partial charge is 0.259 e. The second-order valence-electron chi connectivity index (χ2n) is 3.38. The van der Waals surface area contributed by atoms with E-state index in [2.05, 4.69) is 26.1 Å². The number of halogens is 1.